The van der Waals surface area contributed by atoms with Gasteiger partial charge in [0.2, 0.25) is 5.91 Å². The van der Waals surface area contributed by atoms with Crippen LogP contribution in [-0.4, -0.2) is 31.7 Å². The summed E-state index contributed by atoms with van der Waals surface area (Å²) in [5.74, 6) is -0.313. The van der Waals surface area contributed by atoms with Crippen LogP contribution in [0.3, 0.4) is 0 Å². The number of carbonyl (C=O) groups is 1. The second-order valence-corrected chi connectivity index (χ2v) is 9.22. The molecule has 0 aliphatic heterocycles. The SMILES string of the molecule is CCC(=O)NCCc1cc(-c2ccc(S(C)(=O)=O)cc2)n(-c2ccc(F)cc2)c1C. The number of benzene rings is 2. The standard InChI is InChI=1S/C23H25FN2O3S/c1-4-23(27)25-14-13-18-15-22(17-5-11-21(12-6-17)30(3,28)29)26(16(18)2)20-9-7-19(24)8-10-20/h5-12,15H,4,13-14H2,1-3H3,(H,25,27). The highest BCUT2D eigenvalue weighted by Crippen LogP contribution is 2.30. The van der Waals surface area contributed by atoms with Crippen molar-refractivity contribution >= 4 is 15.7 Å². The molecule has 0 bridgehead atoms. The fourth-order valence-corrected chi connectivity index (χ4v) is 4.01. The molecule has 0 fully saturated rings. The number of aromatic nitrogens is 1. The lowest BCUT2D eigenvalue weighted by Gasteiger charge is -2.13. The molecular formula is C23H25FN2O3S. The first-order valence-corrected chi connectivity index (χ1v) is 11.6. The fraction of sp³-hybridized carbons (Fsp3) is 0.261. The Bertz CT molecular complexity index is 1150. The summed E-state index contributed by atoms with van der Waals surface area (Å²) in [6.45, 7) is 4.31. The molecule has 0 saturated heterocycles. The predicted molar refractivity (Wildman–Crippen MR) is 116 cm³/mol. The third-order valence-corrected chi connectivity index (χ3v) is 6.18. The van der Waals surface area contributed by atoms with Crippen molar-refractivity contribution in [3.8, 4) is 16.9 Å². The van der Waals surface area contributed by atoms with Crippen molar-refractivity contribution in [3.05, 3.63) is 71.7 Å². The van der Waals surface area contributed by atoms with Crippen molar-refractivity contribution in [2.45, 2.75) is 31.6 Å². The maximum atomic E-state index is 13.5. The number of halogens is 1. The number of hydrogen-bond acceptors (Lipinski definition) is 3. The van der Waals surface area contributed by atoms with Crippen LogP contribution in [0.15, 0.2) is 59.5 Å². The molecule has 0 atom stereocenters. The number of carbonyl (C=O) groups excluding carboxylic acids is 1. The van der Waals surface area contributed by atoms with Crippen LogP contribution in [-0.2, 0) is 21.1 Å². The molecule has 0 aliphatic carbocycles. The van der Waals surface area contributed by atoms with Crippen molar-refractivity contribution < 1.29 is 17.6 Å². The van der Waals surface area contributed by atoms with E-state index in [-0.39, 0.29) is 16.6 Å². The summed E-state index contributed by atoms with van der Waals surface area (Å²) in [5.41, 5.74) is 4.56. The van der Waals surface area contributed by atoms with E-state index in [2.05, 4.69) is 5.32 Å². The normalized spacial score (nSPS) is 11.5. The van der Waals surface area contributed by atoms with Gasteiger partial charge in [-0.2, -0.15) is 0 Å². The first-order chi connectivity index (χ1) is 14.2. The second kappa shape index (κ2) is 8.83. The van der Waals surface area contributed by atoms with Gasteiger partial charge in [-0.05, 0) is 66.9 Å². The average Bonchev–Trinajstić information content (AvgIpc) is 3.04. The minimum atomic E-state index is -3.28. The van der Waals surface area contributed by atoms with Gasteiger partial charge in [-0.15, -0.1) is 0 Å². The Morgan fingerprint density at radius 3 is 2.27 bits per heavy atom. The van der Waals surface area contributed by atoms with Crippen LogP contribution in [0.5, 0.6) is 0 Å². The second-order valence-electron chi connectivity index (χ2n) is 7.20. The highest BCUT2D eigenvalue weighted by Gasteiger charge is 2.16. The average molecular weight is 429 g/mol. The Labute approximate surface area is 176 Å². The van der Waals surface area contributed by atoms with Crippen LogP contribution < -0.4 is 5.32 Å². The molecule has 1 amide bonds. The number of nitrogens with zero attached hydrogens (tertiary/aromatic N) is 1. The molecule has 3 rings (SSSR count). The number of hydrogen-bond donors (Lipinski definition) is 1. The Morgan fingerprint density at radius 2 is 1.70 bits per heavy atom. The number of sulfone groups is 1. The number of nitrogens with one attached hydrogen (secondary N) is 1. The topological polar surface area (TPSA) is 68.2 Å². The summed E-state index contributed by atoms with van der Waals surface area (Å²) in [6, 6.07) is 15.0. The Kier molecular flexibility index (Phi) is 6.41. The monoisotopic (exact) mass is 428 g/mol. The van der Waals surface area contributed by atoms with Gasteiger partial charge in [0, 0.05) is 30.6 Å². The van der Waals surface area contributed by atoms with E-state index in [9.17, 15) is 17.6 Å². The van der Waals surface area contributed by atoms with E-state index < -0.39 is 9.84 Å². The van der Waals surface area contributed by atoms with Crippen molar-refractivity contribution in [1.82, 2.24) is 9.88 Å². The lowest BCUT2D eigenvalue weighted by Crippen LogP contribution is -2.24. The molecule has 30 heavy (non-hydrogen) atoms. The Balaban J connectivity index is 2.04. The van der Waals surface area contributed by atoms with E-state index in [0.29, 0.717) is 19.4 Å². The maximum absolute atomic E-state index is 13.5. The quantitative estimate of drug-likeness (QED) is 0.617. The molecule has 0 radical (unpaired) electrons. The molecule has 7 heteroatoms. The molecule has 1 heterocycles. The molecule has 0 saturated carbocycles. The van der Waals surface area contributed by atoms with E-state index in [1.165, 1.54) is 18.4 Å². The third kappa shape index (κ3) is 4.79. The van der Waals surface area contributed by atoms with Gasteiger partial charge in [0.15, 0.2) is 9.84 Å². The zero-order valence-corrected chi connectivity index (χ0v) is 18.1. The molecule has 2 aromatic carbocycles. The summed E-state index contributed by atoms with van der Waals surface area (Å²) in [5, 5.41) is 2.88. The van der Waals surface area contributed by atoms with E-state index >= 15 is 0 Å². The predicted octanol–water partition coefficient (Wildman–Crippen LogP) is 4.06. The molecule has 1 N–H and O–H groups in total. The highest BCUT2D eigenvalue weighted by molar-refractivity contribution is 7.90. The molecule has 5 nitrogen and oxygen atoms in total. The van der Waals surface area contributed by atoms with Gasteiger partial charge in [0.25, 0.3) is 0 Å². The van der Waals surface area contributed by atoms with Gasteiger partial charge < -0.3 is 9.88 Å². The lowest BCUT2D eigenvalue weighted by atomic mass is 10.1. The fourth-order valence-electron chi connectivity index (χ4n) is 3.38. The molecule has 0 aliphatic rings. The first kappa shape index (κ1) is 21.8. The zero-order chi connectivity index (χ0) is 21.9. The number of rotatable bonds is 7. The van der Waals surface area contributed by atoms with Gasteiger partial charge in [0.1, 0.15) is 5.82 Å². The molecule has 158 valence electrons. The summed E-state index contributed by atoms with van der Waals surface area (Å²) < 4.78 is 39.0. The van der Waals surface area contributed by atoms with Crippen LogP contribution in [0.4, 0.5) is 4.39 Å². The van der Waals surface area contributed by atoms with E-state index in [0.717, 1.165) is 28.2 Å². The summed E-state index contributed by atoms with van der Waals surface area (Å²) in [7, 11) is -3.28. The highest BCUT2D eigenvalue weighted by atomic mass is 32.2. The van der Waals surface area contributed by atoms with Crippen molar-refractivity contribution in [3.63, 3.8) is 0 Å². The van der Waals surface area contributed by atoms with E-state index in [1.54, 1.807) is 36.4 Å². The first-order valence-electron chi connectivity index (χ1n) is 9.75. The molecular weight excluding hydrogens is 403 g/mol. The minimum Gasteiger partial charge on any atom is -0.356 e. The van der Waals surface area contributed by atoms with E-state index in [1.807, 2.05) is 24.5 Å². The molecule has 3 aromatic rings. The van der Waals surface area contributed by atoms with Crippen LogP contribution in [0, 0.1) is 12.7 Å². The third-order valence-electron chi connectivity index (χ3n) is 5.05. The minimum absolute atomic E-state index is 0.00204. The van der Waals surface area contributed by atoms with Crippen molar-refractivity contribution in [2.75, 3.05) is 12.8 Å². The van der Waals surface area contributed by atoms with Gasteiger partial charge in [-0.25, -0.2) is 12.8 Å². The molecule has 0 spiro atoms. The zero-order valence-electron chi connectivity index (χ0n) is 17.3. The van der Waals surface area contributed by atoms with Crippen LogP contribution in [0.1, 0.15) is 24.6 Å². The van der Waals surface area contributed by atoms with Crippen molar-refractivity contribution in [2.24, 2.45) is 0 Å². The van der Waals surface area contributed by atoms with Gasteiger partial charge >= 0.3 is 0 Å². The van der Waals surface area contributed by atoms with Gasteiger partial charge in [-0.3, -0.25) is 4.79 Å². The molecule has 1 aromatic heterocycles. The number of amides is 1. The summed E-state index contributed by atoms with van der Waals surface area (Å²) in [4.78, 5) is 11.8. The van der Waals surface area contributed by atoms with Gasteiger partial charge in [-0.1, -0.05) is 19.1 Å². The van der Waals surface area contributed by atoms with Gasteiger partial charge in [0.05, 0.1) is 10.6 Å². The van der Waals surface area contributed by atoms with E-state index in [4.69, 9.17) is 0 Å². The smallest absolute Gasteiger partial charge is 0.219 e. The molecule has 0 unspecified atom stereocenters. The Morgan fingerprint density at radius 1 is 1.07 bits per heavy atom. The largest absolute Gasteiger partial charge is 0.356 e. The summed E-state index contributed by atoms with van der Waals surface area (Å²) in [6.07, 6.45) is 2.27. The Hall–Kier alpha value is -2.93. The van der Waals surface area contributed by atoms with Crippen LogP contribution in [0.25, 0.3) is 16.9 Å². The summed E-state index contributed by atoms with van der Waals surface area (Å²) >= 11 is 0. The lowest BCUT2D eigenvalue weighted by molar-refractivity contribution is -0.120. The van der Waals surface area contributed by atoms with Crippen LogP contribution >= 0.6 is 0 Å². The van der Waals surface area contributed by atoms with Crippen molar-refractivity contribution in [1.29, 1.82) is 0 Å². The maximum Gasteiger partial charge on any atom is 0.219 e. The van der Waals surface area contributed by atoms with Crippen LogP contribution in [0.2, 0.25) is 0 Å².